The molecule has 0 bridgehead atoms. The predicted molar refractivity (Wildman–Crippen MR) is 90.4 cm³/mol. The molecule has 7 nitrogen and oxygen atoms in total. The van der Waals surface area contributed by atoms with Crippen LogP contribution in [0.25, 0.3) is 0 Å². The Morgan fingerprint density at radius 2 is 1.89 bits per heavy atom. The molecule has 0 aromatic rings. The normalized spacial score (nSPS) is 56.8. The summed E-state index contributed by atoms with van der Waals surface area (Å²) in [6.07, 6.45) is 0.455. The van der Waals surface area contributed by atoms with Crippen molar-refractivity contribution in [1.82, 2.24) is 0 Å². The van der Waals surface area contributed by atoms with Gasteiger partial charge in [0.25, 0.3) is 0 Å². The van der Waals surface area contributed by atoms with Crippen LogP contribution in [-0.4, -0.2) is 52.8 Å². The molecule has 0 unspecified atom stereocenters. The Bertz CT molecular complexity index is 763. The van der Waals surface area contributed by atoms with Crippen molar-refractivity contribution in [2.45, 2.75) is 76.5 Å². The van der Waals surface area contributed by atoms with E-state index < -0.39 is 34.3 Å². The molecule has 3 aliphatic heterocycles. The third-order valence-corrected chi connectivity index (χ3v) is 8.48. The predicted octanol–water partition coefficient (Wildman–Crippen LogP) is 1.15. The summed E-state index contributed by atoms with van der Waals surface area (Å²) in [6, 6.07) is 0. The van der Waals surface area contributed by atoms with Crippen molar-refractivity contribution in [3.05, 3.63) is 0 Å². The number of carbonyl (C=O) groups excluding carboxylic acids is 3. The van der Waals surface area contributed by atoms with E-state index in [2.05, 4.69) is 6.92 Å². The maximum Gasteiger partial charge on any atom is 0.320 e. The highest BCUT2D eigenvalue weighted by Gasteiger charge is 2.78. The highest BCUT2D eigenvalue weighted by Crippen LogP contribution is 2.69. The van der Waals surface area contributed by atoms with Gasteiger partial charge in [-0.05, 0) is 25.7 Å². The van der Waals surface area contributed by atoms with Gasteiger partial charge in [-0.3, -0.25) is 14.4 Å². The van der Waals surface area contributed by atoms with E-state index in [0.29, 0.717) is 12.8 Å². The third kappa shape index (κ3) is 1.81. The summed E-state index contributed by atoms with van der Waals surface area (Å²) >= 11 is 0. The largest absolute Gasteiger partial charge is 0.461 e. The fourth-order valence-electron chi connectivity index (χ4n) is 7.04. The van der Waals surface area contributed by atoms with E-state index in [4.69, 9.17) is 14.2 Å². The van der Waals surface area contributed by atoms with Gasteiger partial charge in [-0.2, -0.15) is 0 Å². The summed E-state index contributed by atoms with van der Waals surface area (Å²) in [4.78, 5) is 38.5. The van der Waals surface area contributed by atoms with E-state index in [0.717, 1.165) is 0 Å². The number of aliphatic hydroxyl groups is 1. The lowest BCUT2D eigenvalue weighted by atomic mass is 9.44. The molecule has 8 atom stereocenters. The van der Waals surface area contributed by atoms with Crippen molar-refractivity contribution in [3.8, 4) is 0 Å². The zero-order valence-corrected chi connectivity index (χ0v) is 15.9. The number of carbonyl (C=O) groups is 3. The minimum atomic E-state index is -1.17. The topological polar surface area (TPSA) is 99.1 Å². The molecule has 2 saturated carbocycles. The molecule has 0 radical (unpaired) electrons. The zero-order valence-electron chi connectivity index (χ0n) is 15.9. The van der Waals surface area contributed by atoms with Crippen LogP contribution in [-0.2, 0) is 28.6 Å². The van der Waals surface area contributed by atoms with Crippen molar-refractivity contribution < 1.29 is 33.7 Å². The van der Waals surface area contributed by atoms with Gasteiger partial charge in [0.15, 0.2) is 17.7 Å². The van der Waals surface area contributed by atoms with Gasteiger partial charge in [-0.25, -0.2) is 0 Å². The number of Topliss-reactive ketones (excluding diaryl/α,β-unsaturated/α-hetero) is 2. The number of fused-ring (bicyclic) bond motifs is 1. The molecule has 3 saturated heterocycles. The van der Waals surface area contributed by atoms with Crippen molar-refractivity contribution >= 4 is 17.5 Å². The zero-order chi connectivity index (χ0) is 19.4. The standard InChI is InChI=1S/C20H26O7/c1-10-6-11-15-17(2,5-4-12(21)18(15,3)16(24)26-11)20(10)7-13(22)19(27-20)8-14(23)25-9-19/h10-11,14-15,23H,4-9H2,1-3H3/t10-,11-,14+,15-,17+,18+,19+,20-/m1/s1. The van der Waals surface area contributed by atoms with Gasteiger partial charge in [0.05, 0.1) is 12.2 Å². The van der Waals surface area contributed by atoms with Crippen LogP contribution >= 0.6 is 0 Å². The molecule has 148 valence electrons. The van der Waals surface area contributed by atoms with Crippen LogP contribution < -0.4 is 0 Å². The molecule has 2 aliphatic carbocycles. The summed E-state index contributed by atoms with van der Waals surface area (Å²) < 4.78 is 17.6. The summed E-state index contributed by atoms with van der Waals surface area (Å²) in [5.41, 5.74) is -3.62. The number of ketones is 2. The Kier molecular flexibility index (Phi) is 3.28. The van der Waals surface area contributed by atoms with Gasteiger partial charge in [0.2, 0.25) is 0 Å². The van der Waals surface area contributed by atoms with E-state index in [1.165, 1.54) is 0 Å². The number of ether oxygens (including phenoxy) is 3. The quantitative estimate of drug-likeness (QED) is 0.499. The molecule has 7 heteroatoms. The van der Waals surface area contributed by atoms with Gasteiger partial charge < -0.3 is 19.3 Å². The van der Waals surface area contributed by atoms with Crippen molar-refractivity contribution in [2.75, 3.05) is 6.61 Å². The lowest BCUT2D eigenvalue weighted by Gasteiger charge is -2.61. The Morgan fingerprint density at radius 1 is 1.15 bits per heavy atom. The minimum absolute atomic E-state index is 0.0202. The Hall–Kier alpha value is -1.31. The first-order valence-corrected chi connectivity index (χ1v) is 9.87. The first-order chi connectivity index (χ1) is 12.6. The molecule has 27 heavy (non-hydrogen) atoms. The van der Waals surface area contributed by atoms with Gasteiger partial charge in [-0.1, -0.05) is 13.8 Å². The van der Waals surface area contributed by atoms with E-state index in [-0.39, 0.29) is 55.4 Å². The molecule has 5 rings (SSSR count). The van der Waals surface area contributed by atoms with Crippen molar-refractivity contribution in [2.24, 2.45) is 22.7 Å². The Morgan fingerprint density at radius 3 is 2.56 bits per heavy atom. The summed E-state index contributed by atoms with van der Waals surface area (Å²) in [7, 11) is 0. The van der Waals surface area contributed by atoms with Crippen LogP contribution in [0.5, 0.6) is 0 Å². The second-order valence-corrected chi connectivity index (χ2v) is 9.66. The van der Waals surface area contributed by atoms with Crippen molar-refractivity contribution in [1.29, 1.82) is 0 Å². The van der Waals surface area contributed by atoms with Crippen LogP contribution in [0.15, 0.2) is 0 Å². The number of hydrogen-bond acceptors (Lipinski definition) is 7. The summed E-state index contributed by atoms with van der Waals surface area (Å²) in [5.74, 6) is -0.870. The smallest absolute Gasteiger partial charge is 0.320 e. The van der Waals surface area contributed by atoms with E-state index in [9.17, 15) is 19.5 Å². The summed E-state index contributed by atoms with van der Waals surface area (Å²) in [5, 5.41) is 9.86. The fourth-order valence-corrected chi connectivity index (χ4v) is 7.04. The second-order valence-electron chi connectivity index (χ2n) is 9.66. The van der Waals surface area contributed by atoms with Gasteiger partial charge in [0, 0.05) is 30.6 Å². The van der Waals surface area contributed by atoms with E-state index in [1.54, 1.807) is 6.92 Å². The maximum absolute atomic E-state index is 13.1. The number of esters is 1. The Labute approximate surface area is 157 Å². The minimum Gasteiger partial charge on any atom is -0.461 e. The number of rotatable bonds is 0. The third-order valence-electron chi connectivity index (χ3n) is 8.48. The molecular formula is C20H26O7. The molecule has 0 aromatic heterocycles. The average Bonchev–Trinajstić information content (AvgIpc) is 3.19. The molecule has 3 heterocycles. The first kappa shape index (κ1) is 17.8. The fraction of sp³-hybridized carbons (Fsp3) is 0.850. The van der Waals surface area contributed by atoms with Crippen LogP contribution in [0.4, 0.5) is 0 Å². The molecule has 0 amide bonds. The van der Waals surface area contributed by atoms with Gasteiger partial charge in [0.1, 0.15) is 17.3 Å². The van der Waals surface area contributed by atoms with Crippen LogP contribution in [0.2, 0.25) is 0 Å². The molecule has 5 aliphatic rings. The van der Waals surface area contributed by atoms with Crippen LogP contribution in [0.3, 0.4) is 0 Å². The van der Waals surface area contributed by atoms with Crippen LogP contribution in [0.1, 0.15) is 52.9 Å². The van der Waals surface area contributed by atoms with E-state index >= 15 is 0 Å². The lowest BCUT2D eigenvalue weighted by Crippen LogP contribution is -2.67. The van der Waals surface area contributed by atoms with Crippen molar-refractivity contribution in [3.63, 3.8) is 0 Å². The average molecular weight is 378 g/mol. The summed E-state index contributed by atoms with van der Waals surface area (Å²) in [6.45, 7) is 5.86. The molecule has 5 fully saturated rings. The molecule has 2 spiro atoms. The second kappa shape index (κ2) is 4.99. The van der Waals surface area contributed by atoms with Gasteiger partial charge >= 0.3 is 5.97 Å². The molecule has 1 N–H and O–H groups in total. The SMILES string of the molecule is C[C@@H]1C[C@H]2OC(=O)[C@@]3(C)C(=O)CC[C@@](C)([C@@H]23)[C@@]12CC(=O)[C@]1(CO[C@H](O)C1)O2. The lowest BCUT2D eigenvalue weighted by molar-refractivity contribution is -0.247. The highest BCUT2D eigenvalue weighted by molar-refractivity contribution is 6.06. The number of hydrogen-bond donors (Lipinski definition) is 1. The maximum atomic E-state index is 13.1. The van der Waals surface area contributed by atoms with Gasteiger partial charge in [-0.15, -0.1) is 0 Å². The molecule has 0 aromatic carbocycles. The molecular weight excluding hydrogens is 352 g/mol. The highest BCUT2D eigenvalue weighted by atomic mass is 16.6. The van der Waals surface area contributed by atoms with E-state index in [1.807, 2.05) is 6.92 Å². The first-order valence-electron chi connectivity index (χ1n) is 9.87. The Balaban J connectivity index is 1.64. The monoisotopic (exact) mass is 378 g/mol. The number of aliphatic hydroxyl groups excluding tert-OH is 1. The van der Waals surface area contributed by atoms with Crippen LogP contribution in [0, 0.1) is 22.7 Å².